The van der Waals surface area contributed by atoms with Crippen LogP contribution in [-0.2, 0) is 6.54 Å². The van der Waals surface area contributed by atoms with E-state index in [4.69, 9.17) is 17.0 Å². The van der Waals surface area contributed by atoms with E-state index in [2.05, 4.69) is 35.9 Å². The Morgan fingerprint density at radius 3 is 2.72 bits per heavy atom. The van der Waals surface area contributed by atoms with Gasteiger partial charge in [0.05, 0.1) is 12.9 Å². The van der Waals surface area contributed by atoms with Gasteiger partial charge in [-0.2, -0.15) is 0 Å². The molecule has 0 aliphatic carbocycles. The van der Waals surface area contributed by atoms with Gasteiger partial charge in [-0.1, -0.05) is 57.9 Å². The molecular weight excluding hydrogens is 404 g/mol. The molecule has 3 heterocycles. The first kappa shape index (κ1) is 16.0. The Bertz CT molecular complexity index is 1100. The predicted octanol–water partition coefficient (Wildman–Crippen LogP) is 3.77. The predicted molar refractivity (Wildman–Crippen MR) is 99.2 cm³/mol. The zero-order valence-corrected chi connectivity index (χ0v) is 15.2. The van der Waals surface area contributed by atoms with Crippen LogP contribution in [0.5, 0.6) is 0 Å². The van der Waals surface area contributed by atoms with Crippen molar-refractivity contribution in [1.29, 1.82) is 5.41 Å². The average Bonchev–Trinajstić information content (AvgIpc) is 3.07. The molecule has 25 heavy (non-hydrogen) atoms. The van der Waals surface area contributed by atoms with Crippen molar-refractivity contribution in [2.45, 2.75) is 6.54 Å². The molecule has 2 N–H and O–H groups in total. The Labute approximate surface area is 156 Å². The molecule has 0 unspecified atom stereocenters. The van der Waals surface area contributed by atoms with Gasteiger partial charge < -0.3 is 9.55 Å². The first-order valence-corrected chi connectivity index (χ1v) is 8.64. The van der Waals surface area contributed by atoms with E-state index >= 15 is 0 Å². The van der Waals surface area contributed by atoms with Crippen LogP contribution in [0.15, 0.2) is 53.4 Å². The second kappa shape index (κ2) is 6.42. The Kier molecular flexibility index (Phi) is 4.10. The number of imidazole rings is 1. The highest BCUT2D eigenvalue weighted by Crippen LogP contribution is 2.25. The minimum atomic E-state index is 0.150. The summed E-state index contributed by atoms with van der Waals surface area (Å²) in [5, 5.41) is 8.48. The van der Waals surface area contributed by atoms with Gasteiger partial charge in [-0.15, -0.1) is 0 Å². The minimum Gasteiger partial charge on any atom is -0.334 e. The molecule has 6 nitrogen and oxygen atoms in total. The van der Waals surface area contributed by atoms with Gasteiger partial charge in [-0.05, 0) is 6.07 Å². The van der Waals surface area contributed by atoms with Crippen LogP contribution in [0.2, 0.25) is 5.15 Å². The number of benzene rings is 1. The Morgan fingerprint density at radius 1 is 1.16 bits per heavy atom. The lowest BCUT2D eigenvalue weighted by molar-refractivity contribution is 0.778. The SMILES string of the molecule is N=c1ncn(Cc2c(Br)ccnc2Cl)c2nc(-c3ccccc3)[nH]c12. The van der Waals surface area contributed by atoms with Crippen molar-refractivity contribution in [2.24, 2.45) is 0 Å². The number of hydrogen-bond acceptors (Lipinski definition) is 4. The first-order valence-electron chi connectivity index (χ1n) is 7.47. The van der Waals surface area contributed by atoms with Gasteiger partial charge in [0, 0.05) is 21.8 Å². The number of rotatable bonds is 3. The van der Waals surface area contributed by atoms with E-state index in [1.807, 2.05) is 41.0 Å². The molecule has 0 aliphatic heterocycles. The van der Waals surface area contributed by atoms with Crippen LogP contribution in [0.25, 0.3) is 22.6 Å². The first-order chi connectivity index (χ1) is 12.1. The number of aromatic amines is 1. The van der Waals surface area contributed by atoms with Crippen LogP contribution in [0.1, 0.15) is 5.56 Å². The van der Waals surface area contributed by atoms with Crippen molar-refractivity contribution in [3.63, 3.8) is 0 Å². The summed E-state index contributed by atoms with van der Waals surface area (Å²) in [6.45, 7) is 0.441. The fourth-order valence-electron chi connectivity index (χ4n) is 2.59. The van der Waals surface area contributed by atoms with Crippen molar-refractivity contribution >= 4 is 38.7 Å². The van der Waals surface area contributed by atoms with Gasteiger partial charge in [0.25, 0.3) is 0 Å². The number of pyridine rings is 1. The Balaban J connectivity index is 1.87. The third kappa shape index (κ3) is 2.96. The lowest BCUT2D eigenvalue weighted by atomic mass is 10.2. The largest absolute Gasteiger partial charge is 0.334 e. The van der Waals surface area contributed by atoms with Crippen LogP contribution in [0.3, 0.4) is 0 Å². The molecular formula is C17H12BrClN6. The van der Waals surface area contributed by atoms with Gasteiger partial charge in [0.15, 0.2) is 11.1 Å². The fourth-order valence-corrected chi connectivity index (χ4v) is 3.35. The number of nitrogens with zero attached hydrogens (tertiary/aromatic N) is 4. The van der Waals surface area contributed by atoms with E-state index in [9.17, 15) is 0 Å². The molecule has 0 saturated carbocycles. The number of halogens is 2. The molecule has 4 rings (SSSR count). The van der Waals surface area contributed by atoms with Crippen LogP contribution >= 0.6 is 27.5 Å². The molecule has 0 bridgehead atoms. The van der Waals surface area contributed by atoms with Gasteiger partial charge in [-0.25, -0.2) is 15.0 Å². The Hall–Kier alpha value is -2.51. The number of H-pyrrole nitrogens is 1. The Morgan fingerprint density at radius 2 is 1.96 bits per heavy atom. The van der Waals surface area contributed by atoms with Gasteiger partial charge >= 0.3 is 0 Å². The lowest BCUT2D eigenvalue weighted by Crippen LogP contribution is -2.13. The molecule has 3 aromatic heterocycles. The third-order valence-electron chi connectivity index (χ3n) is 3.84. The third-order valence-corrected chi connectivity index (χ3v) is 4.91. The number of nitrogens with one attached hydrogen (secondary N) is 2. The molecule has 8 heteroatoms. The van der Waals surface area contributed by atoms with E-state index in [0.29, 0.717) is 28.7 Å². The summed E-state index contributed by atoms with van der Waals surface area (Å²) in [7, 11) is 0. The summed E-state index contributed by atoms with van der Waals surface area (Å²) >= 11 is 9.72. The minimum absolute atomic E-state index is 0.150. The highest BCUT2D eigenvalue weighted by atomic mass is 79.9. The van der Waals surface area contributed by atoms with Crippen LogP contribution in [-0.4, -0.2) is 24.5 Å². The lowest BCUT2D eigenvalue weighted by Gasteiger charge is -2.09. The highest BCUT2D eigenvalue weighted by Gasteiger charge is 2.13. The molecule has 1 aromatic carbocycles. The van der Waals surface area contributed by atoms with E-state index in [1.54, 1.807) is 12.5 Å². The normalized spacial score (nSPS) is 11.1. The number of hydrogen-bond donors (Lipinski definition) is 2. The molecule has 0 aliphatic rings. The van der Waals surface area contributed by atoms with Crippen molar-refractivity contribution in [3.05, 3.63) is 69.6 Å². The topological polar surface area (TPSA) is 83.2 Å². The monoisotopic (exact) mass is 414 g/mol. The smallest absolute Gasteiger partial charge is 0.173 e. The average molecular weight is 416 g/mol. The van der Waals surface area contributed by atoms with E-state index < -0.39 is 0 Å². The van der Waals surface area contributed by atoms with Crippen molar-refractivity contribution in [2.75, 3.05) is 0 Å². The number of fused-ring (bicyclic) bond motifs is 1. The van der Waals surface area contributed by atoms with Crippen molar-refractivity contribution < 1.29 is 0 Å². The molecule has 0 fully saturated rings. The molecule has 0 radical (unpaired) electrons. The van der Waals surface area contributed by atoms with E-state index in [1.165, 1.54) is 0 Å². The van der Waals surface area contributed by atoms with E-state index in [-0.39, 0.29) is 5.49 Å². The van der Waals surface area contributed by atoms with Crippen molar-refractivity contribution in [3.8, 4) is 11.4 Å². The van der Waals surface area contributed by atoms with Gasteiger partial charge in [-0.3, -0.25) is 5.41 Å². The molecule has 4 aromatic rings. The standard InChI is InChI=1S/C17H12BrClN6/c18-12-6-7-21-14(19)11(12)8-25-9-22-15(20)13-17(25)24-16(23-13)10-4-2-1-3-5-10/h1-7,9,20H,8H2,(H,23,24). The van der Waals surface area contributed by atoms with Crippen LogP contribution < -0.4 is 5.49 Å². The quantitative estimate of drug-likeness (QED) is 0.500. The summed E-state index contributed by atoms with van der Waals surface area (Å²) in [6.07, 6.45) is 3.24. The van der Waals surface area contributed by atoms with Crippen LogP contribution in [0, 0.1) is 5.41 Å². The number of aromatic nitrogens is 5. The van der Waals surface area contributed by atoms with Gasteiger partial charge in [0.1, 0.15) is 16.5 Å². The summed E-state index contributed by atoms with van der Waals surface area (Å²) in [5.74, 6) is 0.696. The summed E-state index contributed by atoms with van der Waals surface area (Å²) in [6, 6.07) is 11.6. The van der Waals surface area contributed by atoms with Gasteiger partial charge in [0.2, 0.25) is 0 Å². The maximum absolute atomic E-state index is 8.06. The maximum Gasteiger partial charge on any atom is 0.173 e. The molecule has 0 spiro atoms. The zero-order valence-electron chi connectivity index (χ0n) is 12.9. The molecule has 0 amide bonds. The highest BCUT2D eigenvalue weighted by molar-refractivity contribution is 9.10. The molecule has 124 valence electrons. The molecule has 0 atom stereocenters. The second-order valence-corrected chi connectivity index (χ2v) is 6.65. The maximum atomic E-state index is 8.06. The van der Waals surface area contributed by atoms with Crippen LogP contribution in [0.4, 0.5) is 0 Å². The second-order valence-electron chi connectivity index (χ2n) is 5.43. The summed E-state index contributed by atoms with van der Waals surface area (Å²) in [5.41, 5.74) is 3.16. The zero-order chi connectivity index (χ0) is 17.4. The summed E-state index contributed by atoms with van der Waals surface area (Å²) in [4.78, 5) is 16.1. The fraction of sp³-hybridized carbons (Fsp3) is 0.0588. The van der Waals surface area contributed by atoms with E-state index in [0.717, 1.165) is 15.6 Å². The summed E-state index contributed by atoms with van der Waals surface area (Å²) < 4.78 is 2.71. The molecule has 0 saturated heterocycles. The van der Waals surface area contributed by atoms with Crippen molar-refractivity contribution in [1.82, 2.24) is 24.5 Å².